The summed E-state index contributed by atoms with van der Waals surface area (Å²) in [6.07, 6.45) is -22.5. The Morgan fingerprint density at radius 2 is 0.395 bits per heavy atom. The first-order valence-electron chi connectivity index (χ1n) is 48.6. The number of aliphatic hydroxyl groups excluding tert-OH is 24. The molecule has 0 amide bonds. The molecule has 6 fully saturated rings. The van der Waals surface area contributed by atoms with Gasteiger partial charge in [-0.1, -0.05) is 251 Å². The minimum Gasteiger partial charge on any atom is -0.394 e. The Morgan fingerprint density at radius 1 is 0.217 bits per heavy atom. The molecule has 0 saturated carbocycles. The quantitative estimate of drug-likeness (QED) is 0.0408. The van der Waals surface area contributed by atoms with Crippen molar-refractivity contribution >= 4 is 0 Å². The van der Waals surface area contributed by atoms with Gasteiger partial charge in [-0.2, -0.15) is 0 Å². The zero-order chi connectivity index (χ0) is 94.2. The standard InChI is InChI=1S/C93H168O36/c1-4-7-10-13-16-19-22-25-28-31-34-39-91(52-118-85-79(112)73(106)67(100)61(46-94)124-85,53-119-86-80(113)74(107)68(101)62(47-95)125-86)43-58-37-38-59(44-92(40-35-32-29-26-23-20-17-14-11-8-5-2,54-120-87-81(114)75(108)69(102)63(48-96)126-87)55-121-88-82(115)76(109)70(103)64(49-97)127-88)60(42-58)45-93(41-36-33-30-27-24-21-18-15-12-9-6-3,56-122-89-83(116)77(110)71(104)65(50-98)128-89)57-123-90-84(117)78(111)72(105)66(51-99)129-90/h37-38,42,61-90,94-117H,4-36,39-41,43-57H2,1-3H3/t61?,62?,63?,64?,65?,66?,67-,68-,69-,70-,71-,72-,73+,74+,75+,76+,77+,78+,79?,80?,81?,82?,83?,84?,85-,86-,87-,88-,89-,90-,91?,92?,93?/m1/s1. The lowest BCUT2D eigenvalue weighted by atomic mass is 9.72. The van der Waals surface area contributed by atoms with Crippen LogP contribution in [0, 0.1) is 16.2 Å². The summed E-state index contributed by atoms with van der Waals surface area (Å²) in [7, 11) is 0. The van der Waals surface area contributed by atoms with E-state index in [0.29, 0.717) is 55.2 Å². The van der Waals surface area contributed by atoms with Crippen LogP contribution >= 0.6 is 0 Å². The SMILES string of the molecule is CCCCCCCCCCCCCC(CO[C@@H]1OC(CO)[C@@H](O)[C@H](O)C1O)(CO[C@@H]1OC(CO)[C@@H](O)[C@H](O)C1O)Cc1ccc(CC(CCCCCCCCCCCCC)(CO[C@@H]2OC(CO)[C@@H](O)[C@H](O)C2O)CO[C@@H]2OC(CO)[C@@H](O)[C@H](O)C2O)c(CC(CCCCCCCCCCCCC)(CO[C@@H]2OC(CO)[C@@H](O)[C@H](O)C2O)CO[C@@H]2OC(CO)[C@@H](O)[C@H](O)C2O)c1. The number of ether oxygens (including phenoxy) is 12. The van der Waals surface area contributed by atoms with Crippen molar-refractivity contribution in [2.45, 2.75) is 455 Å². The maximum Gasteiger partial charge on any atom is 0.186 e. The van der Waals surface area contributed by atoms with E-state index in [4.69, 9.17) is 56.8 Å². The van der Waals surface area contributed by atoms with Gasteiger partial charge in [0.2, 0.25) is 0 Å². The number of rotatable bonds is 66. The molecule has 129 heavy (non-hydrogen) atoms. The monoisotopic (exact) mass is 1860 g/mol. The van der Waals surface area contributed by atoms with Gasteiger partial charge >= 0.3 is 0 Å². The molecular formula is C93H168O36. The molecule has 1 aromatic rings. The lowest BCUT2D eigenvalue weighted by Gasteiger charge is -2.44. The van der Waals surface area contributed by atoms with Crippen molar-refractivity contribution in [1.82, 2.24) is 0 Å². The summed E-state index contributed by atoms with van der Waals surface area (Å²) in [4.78, 5) is 0. The van der Waals surface area contributed by atoms with Crippen molar-refractivity contribution in [2.75, 3.05) is 79.3 Å². The fourth-order valence-electron chi connectivity index (χ4n) is 18.8. The van der Waals surface area contributed by atoms with Crippen LogP contribution in [0.4, 0.5) is 0 Å². The van der Waals surface area contributed by atoms with E-state index in [9.17, 15) is 123 Å². The molecular weight excluding hydrogens is 1690 g/mol. The number of unbranched alkanes of at least 4 members (excludes halogenated alkanes) is 30. The largest absolute Gasteiger partial charge is 0.394 e. The van der Waals surface area contributed by atoms with Crippen LogP contribution in [0.1, 0.15) is 269 Å². The van der Waals surface area contributed by atoms with Crippen molar-refractivity contribution in [2.24, 2.45) is 16.2 Å². The molecule has 6 aliphatic rings. The molecule has 6 saturated heterocycles. The summed E-state index contributed by atoms with van der Waals surface area (Å²) < 4.78 is 76.2. The predicted molar refractivity (Wildman–Crippen MR) is 466 cm³/mol. The van der Waals surface area contributed by atoms with E-state index in [-0.39, 0.29) is 38.5 Å². The molecule has 36 nitrogen and oxygen atoms in total. The number of hydrogen-bond acceptors (Lipinski definition) is 36. The molecule has 7 rings (SSSR count). The first kappa shape index (κ1) is 114. The van der Waals surface area contributed by atoms with Crippen LogP contribution < -0.4 is 0 Å². The van der Waals surface area contributed by atoms with Crippen LogP contribution in [0.5, 0.6) is 0 Å². The molecule has 6 heterocycles. The van der Waals surface area contributed by atoms with E-state index >= 15 is 0 Å². The van der Waals surface area contributed by atoms with Crippen LogP contribution in [0.15, 0.2) is 18.2 Å². The zero-order valence-electron chi connectivity index (χ0n) is 76.7. The highest BCUT2D eigenvalue weighted by atomic mass is 16.7. The van der Waals surface area contributed by atoms with Gasteiger partial charge < -0.3 is 179 Å². The summed E-state index contributed by atoms with van der Waals surface area (Å²) in [5, 5.41) is 268. The maximum absolute atomic E-state index is 11.9. The Morgan fingerprint density at radius 3 is 0.589 bits per heavy atom. The minimum atomic E-state index is -1.96. The second-order valence-electron chi connectivity index (χ2n) is 38.0. The average molecular weight is 1860 g/mol. The van der Waals surface area contributed by atoms with Crippen molar-refractivity contribution < 1.29 is 179 Å². The second kappa shape index (κ2) is 59.9. The highest BCUT2D eigenvalue weighted by Gasteiger charge is 2.53. The maximum atomic E-state index is 11.9. The van der Waals surface area contributed by atoms with Gasteiger partial charge in [0.15, 0.2) is 37.7 Å². The fourth-order valence-corrected chi connectivity index (χ4v) is 18.8. The first-order chi connectivity index (χ1) is 62.0. The third-order valence-corrected chi connectivity index (χ3v) is 27.3. The van der Waals surface area contributed by atoms with Gasteiger partial charge in [0, 0.05) is 16.2 Å². The molecule has 0 aliphatic carbocycles. The van der Waals surface area contributed by atoms with Crippen molar-refractivity contribution in [3.63, 3.8) is 0 Å². The van der Waals surface area contributed by atoms with Gasteiger partial charge in [-0.3, -0.25) is 0 Å². The molecule has 30 atom stereocenters. The van der Waals surface area contributed by atoms with E-state index in [1.165, 1.54) is 0 Å². The van der Waals surface area contributed by atoms with Gasteiger partial charge in [0.1, 0.15) is 146 Å². The first-order valence-corrected chi connectivity index (χ1v) is 48.6. The molecule has 1 aromatic carbocycles. The molecule has 0 radical (unpaired) electrons. The normalized spacial score (nSPS) is 35.0. The van der Waals surface area contributed by atoms with E-state index in [1.54, 1.807) is 12.1 Å². The Kier molecular flexibility index (Phi) is 52.8. The Hall–Kier alpha value is -2.22. The molecule has 0 bridgehead atoms. The van der Waals surface area contributed by atoms with Crippen molar-refractivity contribution in [3.8, 4) is 0 Å². The Balaban J connectivity index is 1.51. The molecule has 0 spiro atoms. The number of hydrogen-bond donors (Lipinski definition) is 24. The topological polar surface area (TPSA) is 596 Å². The average Bonchev–Trinajstić information content (AvgIpc) is 0.759. The van der Waals surface area contributed by atoms with E-state index in [0.717, 1.165) is 173 Å². The van der Waals surface area contributed by atoms with E-state index < -0.39 is 280 Å². The fraction of sp³-hybridized carbons (Fsp3) is 0.935. The zero-order valence-corrected chi connectivity index (χ0v) is 76.7. The number of aliphatic hydroxyl groups is 24. The van der Waals surface area contributed by atoms with Gasteiger partial charge in [-0.25, -0.2) is 0 Å². The molecule has 6 aliphatic heterocycles. The summed E-state index contributed by atoms with van der Waals surface area (Å²) >= 11 is 0. The predicted octanol–water partition coefficient (Wildman–Crippen LogP) is 1.28. The van der Waals surface area contributed by atoms with Crippen LogP contribution in [0.2, 0.25) is 0 Å². The third-order valence-electron chi connectivity index (χ3n) is 27.3. The third kappa shape index (κ3) is 34.7. The smallest absolute Gasteiger partial charge is 0.186 e. The molecule has 12 unspecified atom stereocenters. The van der Waals surface area contributed by atoms with Crippen LogP contribution in [0.3, 0.4) is 0 Å². The van der Waals surface area contributed by atoms with Crippen LogP contribution in [-0.4, -0.2) is 386 Å². The Labute approximate surface area is 762 Å². The lowest BCUT2D eigenvalue weighted by Crippen LogP contribution is -2.60. The number of benzene rings is 1. The van der Waals surface area contributed by atoms with E-state index in [2.05, 4.69) is 20.8 Å². The molecule has 756 valence electrons. The summed E-state index contributed by atoms with van der Waals surface area (Å²) in [6.45, 7) is -1.37. The van der Waals surface area contributed by atoms with E-state index in [1.807, 2.05) is 6.07 Å². The minimum absolute atomic E-state index is 0.106. The molecule has 0 aromatic heterocycles. The van der Waals surface area contributed by atoms with Gasteiger partial charge in [0.05, 0.1) is 79.3 Å². The van der Waals surface area contributed by atoms with Crippen LogP contribution in [0.25, 0.3) is 0 Å². The summed E-state index contributed by atoms with van der Waals surface area (Å²) in [6, 6.07) is 5.45. The van der Waals surface area contributed by atoms with Gasteiger partial charge in [-0.15, -0.1) is 0 Å². The van der Waals surface area contributed by atoms with Crippen molar-refractivity contribution in [3.05, 3.63) is 34.9 Å². The molecule has 36 heteroatoms. The van der Waals surface area contributed by atoms with Gasteiger partial charge in [0.25, 0.3) is 0 Å². The Bertz CT molecular complexity index is 2930. The lowest BCUT2D eigenvalue weighted by molar-refractivity contribution is -0.318. The van der Waals surface area contributed by atoms with Gasteiger partial charge in [-0.05, 0) is 55.2 Å². The van der Waals surface area contributed by atoms with Crippen molar-refractivity contribution in [1.29, 1.82) is 0 Å². The molecule has 24 N–H and O–H groups in total. The summed E-state index contributed by atoms with van der Waals surface area (Å²) in [5.74, 6) is 0. The second-order valence-corrected chi connectivity index (χ2v) is 38.0. The van der Waals surface area contributed by atoms with Crippen LogP contribution in [-0.2, 0) is 76.1 Å². The highest BCUT2D eigenvalue weighted by Crippen LogP contribution is 2.44. The summed E-state index contributed by atoms with van der Waals surface area (Å²) in [5.41, 5.74) is -3.06. The highest BCUT2D eigenvalue weighted by molar-refractivity contribution is 5.35.